The van der Waals surface area contributed by atoms with Crippen LogP contribution in [-0.2, 0) is 0 Å². The molecule has 2 N–H and O–H groups in total. The van der Waals surface area contributed by atoms with Crippen LogP contribution in [0.1, 0.15) is 5.56 Å². The maximum atomic E-state index is 13.4. The Balaban J connectivity index is 1.91. The van der Waals surface area contributed by atoms with Gasteiger partial charge < -0.3 is 5.32 Å². The van der Waals surface area contributed by atoms with Crippen LogP contribution in [-0.4, -0.2) is 16.3 Å². The Bertz CT molecular complexity index is 632. The van der Waals surface area contributed by atoms with Crippen molar-refractivity contribution in [2.45, 2.75) is 0 Å². The number of anilines is 1. The molecule has 2 rings (SSSR count). The van der Waals surface area contributed by atoms with Crippen molar-refractivity contribution in [2.75, 3.05) is 5.32 Å². The van der Waals surface area contributed by atoms with Gasteiger partial charge in [-0.3, -0.25) is 10.4 Å². The van der Waals surface area contributed by atoms with Crippen LogP contribution < -0.4 is 10.7 Å². The van der Waals surface area contributed by atoms with Gasteiger partial charge in [-0.25, -0.2) is 8.78 Å². The van der Waals surface area contributed by atoms with E-state index in [0.29, 0.717) is 0 Å². The number of hydrazone groups is 1. The lowest BCUT2D eigenvalue weighted by atomic mass is 10.3. The third kappa shape index (κ3) is 4.06. The van der Waals surface area contributed by atoms with Crippen LogP contribution in [0.2, 0.25) is 0 Å². The van der Waals surface area contributed by atoms with Gasteiger partial charge in [0.25, 0.3) is 0 Å². The van der Waals surface area contributed by atoms with Gasteiger partial charge in [-0.05, 0) is 30.4 Å². The van der Waals surface area contributed by atoms with Crippen molar-refractivity contribution in [1.82, 2.24) is 10.4 Å². The first-order valence-electron chi connectivity index (χ1n) is 5.60. The van der Waals surface area contributed by atoms with Gasteiger partial charge in [0.15, 0.2) is 5.11 Å². The Morgan fingerprint density at radius 3 is 2.85 bits per heavy atom. The summed E-state index contributed by atoms with van der Waals surface area (Å²) in [5.74, 6) is -1.38. The van der Waals surface area contributed by atoms with Gasteiger partial charge in [0, 0.05) is 24.0 Å². The fourth-order valence-electron chi connectivity index (χ4n) is 1.36. The van der Waals surface area contributed by atoms with Crippen LogP contribution in [0.3, 0.4) is 0 Å². The van der Waals surface area contributed by atoms with Crippen molar-refractivity contribution in [3.05, 3.63) is 59.9 Å². The Hall–Kier alpha value is -2.41. The monoisotopic (exact) mass is 292 g/mol. The summed E-state index contributed by atoms with van der Waals surface area (Å²) < 4.78 is 26.1. The molecule has 20 heavy (non-hydrogen) atoms. The Morgan fingerprint density at radius 2 is 2.15 bits per heavy atom. The average Bonchev–Trinajstić information content (AvgIpc) is 2.43. The molecule has 0 aliphatic rings. The lowest BCUT2D eigenvalue weighted by Gasteiger charge is -2.07. The number of hydrogen-bond donors (Lipinski definition) is 2. The Morgan fingerprint density at radius 1 is 1.30 bits per heavy atom. The number of aromatic nitrogens is 1. The predicted octanol–water partition coefficient (Wildman–Crippen LogP) is 2.68. The SMILES string of the molecule is Fc1ccc(NC(=S)NN=Cc2cccnc2)c(F)c1. The van der Waals surface area contributed by atoms with Crippen LogP contribution >= 0.6 is 12.2 Å². The molecule has 7 heteroatoms. The standard InChI is InChI=1S/C13H10F2N4S/c14-10-3-4-12(11(15)6-10)18-13(20)19-17-8-9-2-1-5-16-7-9/h1-8H,(H2,18,19,20). The fourth-order valence-corrected chi connectivity index (χ4v) is 1.52. The first kappa shape index (κ1) is 14.0. The average molecular weight is 292 g/mol. The second-order valence-electron chi connectivity index (χ2n) is 3.73. The lowest BCUT2D eigenvalue weighted by molar-refractivity contribution is 0.586. The number of hydrogen-bond acceptors (Lipinski definition) is 3. The molecule has 0 spiro atoms. The summed E-state index contributed by atoms with van der Waals surface area (Å²) >= 11 is 4.93. The molecule has 0 saturated heterocycles. The predicted molar refractivity (Wildman–Crippen MR) is 77.5 cm³/mol. The highest BCUT2D eigenvalue weighted by Gasteiger charge is 2.04. The molecule has 102 valence electrons. The summed E-state index contributed by atoms with van der Waals surface area (Å²) in [5.41, 5.74) is 3.38. The van der Waals surface area contributed by atoms with E-state index in [0.717, 1.165) is 17.7 Å². The van der Waals surface area contributed by atoms with Crippen molar-refractivity contribution in [1.29, 1.82) is 0 Å². The van der Waals surface area contributed by atoms with Gasteiger partial charge in [0.2, 0.25) is 0 Å². The third-order valence-electron chi connectivity index (χ3n) is 2.24. The van der Waals surface area contributed by atoms with E-state index in [1.54, 1.807) is 18.5 Å². The minimum absolute atomic E-state index is 0.0699. The number of nitrogens with one attached hydrogen (secondary N) is 2. The van der Waals surface area contributed by atoms with Crippen LogP contribution in [0.4, 0.5) is 14.5 Å². The van der Waals surface area contributed by atoms with Crippen LogP contribution in [0.25, 0.3) is 0 Å². The molecule has 0 radical (unpaired) electrons. The van der Waals surface area contributed by atoms with Gasteiger partial charge in [0.05, 0.1) is 11.9 Å². The van der Waals surface area contributed by atoms with Crippen LogP contribution in [0.5, 0.6) is 0 Å². The van der Waals surface area contributed by atoms with E-state index in [2.05, 4.69) is 20.8 Å². The van der Waals surface area contributed by atoms with E-state index in [1.165, 1.54) is 12.3 Å². The molecule has 0 aliphatic carbocycles. The summed E-state index contributed by atoms with van der Waals surface area (Å²) in [7, 11) is 0. The summed E-state index contributed by atoms with van der Waals surface area (Å²) in [4.78, 5) is 3.92. The Labute approximate surface area is 119 Å². The molecular formula is C13H10F2N4S. The molecule has 2 aromatic rings. The van der Waals surface area contributed by atoms with E-state index >= 15 is 0 Å². The van der Waals surface area contributed by atoms with Crippen LogP contribution in [0.15, 0.2) is 47.8 Å². The first-order valence-corrected chi connectivity index (χ1v) is 6.01. The molecule has 0 amide bonds. The topological polar surface area (TPSA) is 49.3 Å². The zero-order valence-electron chi connectivity index (χ0n) is 10.2. The summed E-state index contributed by atoms with van der Waals surface area (Å²) in [6, 6.07) is 6.74. The molecule has 0 aliphatic heterocycles. The molecular weight excluding hydrogens is 282 g/mol. The Kier molecular flexibility index (Phi) is 4.67. The van der Waals surface area contributed by atoms with Gasteiger partial charge in [-0.2, -0.15) is 5.10 Å². The maximum Gasteiger partial charge on any atom is 0.191 e. The summed E-state index contributed by atoms with van der Waals surface area (Å²) in [5, 5.41) is 6.54. The van der Waals surface area contributed by atoms with Gasteiger partial charge in [-0.15, -0.1) is 0 Å². The largest absolute Gasteiger partial charge is 0.329 e. The van der Waals surface area contributed by atoms with Crippen molar-refractivity contribution < 1.29 is 8.78 Å². The third-order valence-corrected chi connectivity index (χ3v) is 2.44. The summed E-state index contributed by atoms with van der Waals surface area (Å²) in [6.07, 6.45) is 4.79. The number of thiocarbonyl (C=S) groups is 1. The maximum absolute atomic E-state index is 13.4. The van der Waals surface area contributed by atoms with Crippen molar-refractivity contribution in [3.63, 3.8) is 0 Å². The highest BCUT2D eigenvalue weighted by molar-refractivity contribution is 7.80. The second-order valence-corrected chi connectivity index (χ2v) is 4.14. The first-order chi connectivity index (χ1) is 9.65. The van der Waals surface area contributed by atoms with E-state index in [-0.39, 0.29) is 10.8 Å². The van der Waals surface area contributed by atoms with E-state index in [4.69, 9.17) is 12.2 Å². The zero-order valence-corrected chi connectivity index (χ0v) is 11.0. The number of halogens is 2. The lowest BCUT2D eigenvalue weighted by Crippen LogP contribution is -2.24. The number of pyridine rings is 1. The fraction of sp³-hybridized carbons (Fsp3) is 0. The highest BCUT2D eigenvalue weighted by Crippen LogP contribution is 2.14. The number of benzene rings is 1. The molecule has 0 fully saturated rings. The van der Waals surface area contributed by atoms with Gasteiger partial charge >= 0.3 is 0 Å². The number of nitrogens with zero attached hydrogens (tertiary/aromatic N) is 2. The van der Waals surface area contributed by atoms with Gasteiger partial charge in [0.1, 0.15) is 11.6 Å². The normalized spacial score (nSPS) is 10.5. The molecule has 0 atom stereocenters. The zero-order chi connectivity index (χ0) is 14.4. The molecule has 1 aromatic carbocycles. The quantitative estimate of drug-likeness (QED) is 0.519. The van der Waals surface area contributed by atoms with Crippen molar-refractivity contribution in [2.24, 2.45) is 5.10 Å². The molecule has 1 aromatic heterocycles. The molecule has 0 bridgehead atoms. The van der Waals surface area contributed by atoms with Gasteiger partial charge in [-0.1, -0.05) is 6.07 Å². The number of rotatable bonds is 3. The van der Waals surface area contributed by atoms with Crippen LogP contribution in [0, 0.1) is 11.6 Å². The van der Waals surface area contributed by atoms with E-state index < -0.39 is 11.6 Å². The minimum atomic E-state index is -0.731. The van der Waals surface area contributed by atoms with Crippen molar-refractivity contribution >= 4 is 29.2 Å². The van der Waals surface area contributed by atoms with E-state index in [1.807, 2.05) is 6.07 Å². The smallest absolute Gasteiger partial charge is 0.191 e. The van der Waals surface area contributed by atoms with E-state index in [9.17, 15) is 8.78 Å². The molecule has 0 unspecified atom stereocenters. The summed E-state index contributed by atoms with van der Waals surface area (Å²) in [6.45, 7) is 0. The van der Waals surface area contributed by atoms with Crippen molar-refractivity contribution in [3.8, 4) is 0 Å². The second kappa shape index (κ2) is 6.67. The highest BCUT2D eigenvalue weighted by atomic mass is 32.1. The molecule has 1 heterocycles. The molecule has 0 saturated carbocycles. The minimum Gasteiger partial charge on any atom is -0.329 e. The molecule has 4 nitrogen and oxygen atoms in total.